The van der Waals surface area contributed by atoms with Crippen molar-refractivity contribution in [1.82, 2.24) is 19.3 Å². The molecule has 266 valence electrons. The lowest BCUT2D eigenvalue weighted by molar-refractivity contribution is 0.0288. The van der Waals surface area contributed by atoms with Crippen LogP contribution in [0.15, 0.2) is 14.4 Å². The summed E-state index contributed by atoms with van der Waals surface area (Å²) >= 11 is 0. The minimum Gasteiger partial charge on any atom is -0.375 e. The fraction of sp³-hybridized carbons (Fsp3) is 0.844. The molecule has 0 amide bonds. The van der Waals surface area contributed by atoms with Crippen molar-refractivity contribution in [3.05, 3.63) is 31.3 Å². The van der Waals surface area contributed by atoms with Gasteiger partial charge in [-0.25, -0.2) is 14.2 Å². The summed E-state index contributed by atoms with van der Waals surface area (Å²) in [5.41, 5.74) is -3.66. The van der Waals surface area contributed by atoms with Gasteiger partial charge in [-0.05, 0) is 12.8 Å². The maximum atomic E-state index is 13.1. The van der Waals surface area contributed by atoms with E-state index >= 15 is 0 Å². The largest absolute Gasteiger partial charge is 0.443 e. The molecule has 12 nitrogen and oxygen atoms in total. The number of hydrogen-bond donors (Lipinski definition) is 4. The molecule has 2 rings (SSSR count). The van der Waals surface area contributed by atoms with Crippen LogP contribution < -0.4 is 16.9 Å². The highest BCUT2D eigenvalue weighted by Crippen LogP contribution is 2.40. The number of imidazole rings is 1. The molecule has 46 heavy (non-hydrogen) atoms. The van der Waals surface area contributed by atoms with Gasteiger partial charge in [0.25, 0.3) is 5.56 Å². The van der Waals surface area contributed by atoms with Gasteiger partial charge in [-0.1, -0.05) is 129 Å². The van der Waals surface area contributed by atoms with Gasteiger partial charge in [0.2, 0.25) is 0 Å². The number of fused-ring (bicyclic) bond motifs is 1. The van der Waals surface area contributed by atoms with E-state index in [2.05, 4.69) is 28.8 Å². The molecule has 2 aromatic heterocycles. The molecule has 0 aromatic carbocycles. The van der Waals surface area contributed by atoms with Crippen LogP contribution in [0.1, 0.15) is 142 Å². The number of unbranched alkanes of at least 4 members (excludes halogenated alkanes) is 18. The third-order valence-electron chi connectivity index (χ3n) is 8.19. The lowest BCUT2D eigenvalue weighted by Gasteiger charge is -2.20. The second kappa shape index (κ2) is 23.5. The Morgan fingerprint density at radius 2 is 1.24 bits per heavy atom. The SMILES string of the molecule is CCCCCCCCCCCCCS(=O)CC(COP(=O)(O)n1c(=O)[nH]c2[nH]c(=O)[nH]c2c1=O)OCCCCCCCCCCC. The number of aromatic nitrogens is 4. The Balaban J connectivity index is 1.85. The molecule has 4 N–H and O–H groups in total. The highest BCUT2D eigenvalue weighted by atomic mass is 32.2. The molecular formula is C32H59N4O8PS. The zero-order chi connectivity index (χ0) is 33.6. The lowest BCUT2D eigenvalue weighted by atomic mass is 10.1. The number of aromatic amines is 3. The summed E-state index contributed by atoms with van der Waals surface area (Å²) in [6.07, 6.45) is 22.8. The maximum Gasteiger partial charge on any atom is 0.443 e. The van der Waals surface area contributed by atoms with Gasteiger partial charge in [0.05, 0.1) is 18.5 Å². The molecule has 0 aliphatic heterocycles. The molecule has 0 aliphatic rings. The van der Waals surface area contributed by atoms with Gasteiger partial charge in [0.15, 0.2) is 5.52 Å². The Morgan fingerprint density at radius 3 is 1.78 bits per heavy atom. The smallest absolute Gasteiger partial charge is 0.375 e. The van der Waals surface area contributed by atoms with Crippen molar-refractivity contribution in [2.24, 2.45) is 0 Å². The topological polar surface area (TPSA) is 176 Å². The molecule has 0 aliphatic carbocycles. The van der Waals surface area contributed by atoms with Crippen molar-refractivity contribution in [1.29, 1.82) is 0 Å². The van der Waals surface area contributed by atoms with Gasteiger partial charge < -0.3 is 9.63 Å². The highest BCUT2D eigenvalue weighted by Gasteiger charge is 2.30. The monoisotopic (exact) mass is 690 g/mol. The summed E-state index contributed by atoms with van der Waals surface area (Å²) in [4.78, 5) is 54.0. The maximum absolute atomic E-state index is 13.1. The average molecular weight is 691 g/mol. The molecule has 0 bridgehead atoms. The van der Waals surface area contributed by atoms with E-state index in [0.717, 1.165) is 38.5 Å². The number of H-pyrrole nitrogens is 3. The van der Waals surface area contributed by atoms with Gasteiger partial charge in [0, 0.05) is 23.2 Å². The van der Waals surface area contributed by atoms with Crippen molar-refractivity contribution in [3.63, 3.8) is 0 Å². The van der Waals surface area contributed by atoms with Crippen LogP contribution in [0.25, 0.3) is 11.2 Å². The fourth-order valence-corrected chi connectivity index (χ4v) is 7.87. The summed E-state index contributed by atoms with van der Waals surface area (Å²) in [6.45, 7) is 4.39. The zero-order valence-electron chi connectivity index (χ0n) is 28.2. The first kappa shape index (κ1) is 40.4. The number of nitrogens with zero attached hydrogens (tertiary/aromatic N) is 1. The molecule has 2 heterocycles. The number of ether oxygens (including phenoxy) is 1. The predicted octanol–water partition coefficient (Wildman–Crippen LogP) is 6.65. The summed E-state index contributed by atoms with van der Waals surface area (Å²) in [5, 5.41) is 0. The second-order valence-electron chi connectivity index (χ2n) is 12.3. The fourth-order valence-electron chi connectivity index (χ4n) is 5.49. The molecule has 3 atom stereocenters. The van der Waals surface area contributed by atoms with E-state index in [0.29, 0.717) is 12.4 Å². The minimum atomic E-state index is -4.98. The number of nitrogens with one attached hydrogen (secondary N) is 3. The average Bonchev–Trinajstić information content (AvgIpc) is 3.39. The van der Waals surface area contributed by atoms with E-state index in [9.17, 15) is 28.1 Å². The third kappa shape index (κ3) is 15.9. The highest BCUT2D eigenvalue weighted by molar-refractivity contribution is 7.85. The van der Waals surface area contributed by atoms with Crippen molar-refractivity contribution < 1.29 is 22.9 Å². The zero-order valence-corrected chi connectivity index (χ0v) is 29.9. The van der Waals surface area contributed by atoms with Crippen molar-refractivity contribution in [3.8, 4) is 0 Å². The summed E-state index contributed by atoms with van der Waals surface area (Å²) in [7, 11) is -6.21. The Hall–Kier alpha value is -1.79. The molecule has 0 saturated carbocycles. The van der Waals surface area contributed by atoms with Crippen LogP contribution >= 0.6 is 7.75 Å². The first-order chi connectivity index (χ1) is 22.2. The molecule has 3 unspecified atom stereocenters. The first-order valence-electron chi connectivity index (χ1n) is 17.6. The van der Waals surface area contributed by atoms with Crippen molar-refractivity contribution in [2.45, 2.75) is 148 Å². The third-order valence-corrected chi connectivity index (χ3v) is 11.0. The molecule has 0 saturated heterocycles. The van der Waals surface area contributed by atoms with Crippen molar-refractivity contribution >= 4 is 29.7 Å². The summed E-state index contributed by atoms with van der Waals surface area (Å²) < 4.78 is 37.3. The summed E-state index contributed by atoms with van der Waals surface area (Å²) in [6, 6.07) is 0. The van der Waals surface area contributed by atoms with E-state index in [4.69, 9.17) is 9.26 Å². The standard InChI is InChI=1S/C32H59N4O8PS/c1-3-5-7-9-11-13-14-16-18-20-22-24-46(42)26-27(43-23-21-19-17-15-12-10-8-6-4-2)25-44-45(40,41)36-30(37)28-29(35-32(36)39)34-31(38)33-28/h27H,3-26H2,1-2H3,(H,35,39)(H,40,41)(H2,33,34,38). The Morgan fingerprint density at radius 1 is 0.739 bits per heavy atom. The normalized spacial score (nSPS) is 14.5. The van der Waals surface area contributed by atoms with Crippen LogP contribution in [0, 0.1) is 0 Å². The lowest BCUT2D eigenvalue weighted by Crippen LogP contribution is -2.35. The molecule has 0 fully saturated rings. The predicted molar refractivity (Wildman–Crippen MR) is 186 cm³/mol. The quantitative estimate of drug-likeness (QED) is 0.0542. The minimum absolute atomic E-state index is 0.0683. The summed E-state index contributed by atoms with van der Waals surface area (Å²) in [5.74, 6) is 0.618. The molecule has 14 heteroatoms. The van der Waals surface area contributed by atoms with E-state index in [1.54, 1.807) is 0 Å². The molecule has 0 radical (unpaired) electrons. The first-order valence-corrected chi connectivity index (χ1v) is 20.6. The second-order valence-corrected chi connectivity index (χ2v) is 15.6. The van der Waals surface area contributed by atoms with Gasteiger partial charge in [-0.3, -0.25) is 28.5 Å². The van der Waals surface area contributed by atoms with E-state index in [-0.39, 0.29) is 21.3 Å². The van der Waals surface area contributed by atoms with Gasteiger partial charge >= 0.3 is 19.1 Å². The van der Waals surface area contributed by atoms with Crippen LogP contribution in [0.5, 0.6) is 0 Å². The van der Waals surface area contributed by atoms with Crippen LogP contribution in [0.2, 0.25) is 0 Å². The Bertz CT molecular complexity index is 1350. The number of hydrogen-bond acceptors (Lipinski definition) is 7. The van der Waals surface area contributed by atoms with E-state index in [1.165, 1.54) is 89.9 Å². The number of rotatable bonds is 29. The van der Waals surface area contributed by atoms with E-state index < -0.39 is 48.2 Å². The van der Waals surface area contributed by atoms with Gasteiger partial charge in [0.1, 0.15) is 5.65 Å². The van der Waals surface area contributed by atoms with E-state index in [1.807, 2.05) is 0 Å². The van der Waals surface area contributed by atoms with Crippen LogP contribution in [-0.4, -0.2) is 59.2 Å². The molecular weight excluding hydrogens is 631 g/mol. The molecule has 0 spiro atoms. The van der Waals surface area contributed by atoms with Crippen LogP contribution in [0.4, 0.5) is 0 Å². The molecule has 2 aromatic rings. The van der Waals surface area contributed by atoms with Crippen molar-refractivity contribution in [2.75, 3.05) is 24.7 Å². The van der Waals surface area contributed by atoms with Crippen LogP contribution in [0.3, 0.4) is 0 Å². The van der Waals surface area contributed by atoms with Gasteiger partial charge in [-0.15, -0.1) is 0 Å². The van der Waals surface area contributed by atoms with Crippen LogP contribution in [-0.2, 0) is 24.6 Å². The Labute approximate surface area is 275 Å². The van der Waals surface area contributed by atoms with Gasteiger partial charge in [-0.2, -0.15) is 4.34 Å². The Kier molecular flexibility index (Phi) is 20.7.